The maximum atomic E-state index is 13.4. The number of nitrogens with zero attached hydrogens (tertiary/aromatic N) is 2. The number of halogens is 2. The number of unbranched alkanes of at least 4 members (excludes halogenated alkanes) is 2. The molecule has 0 saturated carbocycles. The molecule has 0 aromatic heterocycles. The zero-order valence-corrected chi connectivity index (χ0v) is 14.6. The van der Waals surface area contributed by atoms with Crippen LogP contribution in [-0.4, -0.2) is 39.2 Å². The minimum absolute atomic E-state index is 0.465. The van der Waals surface area contributed by atoms with E-state index in [1.54, 1.807) is 13.1 Å². The van der Waals surface area contributed by atoms with Gasteiger partial charge in [-0.2, -0.15) is 0 Å². The molecule has 2 N–H and O–H groups in total. The smallest absolute Gasteiger partial charge is 0.190 e. The molecular weight excluding hydrogens is 310 g/mol. The van der Waals surface area contributed by atoms with Gasteiger partial charge in [-0.25, -0.2) is 8.78 Å². The SMILES string of the molecule is CCCCCNC(=NC)NCC1CCN(c2ccc(F)c(F)c2)C1. The quantitative estimate of drug-likeness (QED) is 0.456. The Bertz CT molecular complexity index is 548. The molecule has 1 saturated heterocycles. The Labute approximate surface area is 143 Å². The lowest BCUT2D eigenvalue weighted by molar-refractivity contribution is 0.508. The molecule has 2 rings (SSSR count). The van der Waals surface area contributed by atoms with E-state index >= 15 is 0 Å². The topological polar surface area (TPSA) is 39.7 Å². The Morgan fingerprint density at radius 1 is 1.25 bits per heavy atom. The second kappa shape index (κ2) is 9.45. The highest BCUT2D eigenvalue weighted by Gasteiger charge is 2.23. The Kier molecular flexibility index (Phi) is 7.28. The second-order valence-corrected chi connectivity index (χ2v) is 6.29. The zero-order chi connectivity index (χ0) is 17.4. The lowest BCUT2D eigenvalue weighted by Crippen LogP contribution is -2.40. The van der Waals surface area contributed by atoms with E-state index in [0.29, 0.717) is 5.92 Å². The summed E-state index contributed by atoms with van der Waals surface area (Å²) in [5.41, 5.74) is 0.749. The van der Waals surface area contributed by atoms with Crippen LogP contribution in [-0.2, 0) is 0 Å². The van der Waals surface area contributed by atoms with Crippen LogP contribution in [0.4, 0.5) is 14.5 Å². The molecule has 1 fully saturated rings. The first kappa shape index (κ1) is 18.5. The fraction of sp³-hybridized carbons (Fsp3) is 0.611. The van der Waals surface area contributed by atoms with Gasteiger partial charge in [-0.3, -0.25) is 4.99 Å². The molecule has 1 heterocycles. The van der Waals surface area contributed by atoms with Gasteiger partial charge in [0.15, 0.2) is 17.6 Å². The van der Waals surface area contributed by atoms with Gasteiger partial charge in [0.1, 0.15) is 0 Å². The van der Waals surface area contributed by atoms with Crippen LogP contribution in [0.3, 0.4) is 0 Å². The molecule has 1 aromatic rings. The molecule has 24 heavy (non-hydrogen) atoms. The van der Waals surface area contributed by atoms with Crippen LogP contribution >= 0.6 is 0 Å². The van der Waals surface area contributed by atoms with Crippen LogP contribution in [0.25, 0.3) is 0 Å². The van der Waals surface area contributed by atoms with Crippen LogP contribution in [0, 0.1) is 17.6 Å². The summed E-state index contributed by atoms with van der Waals surface area (Å²) < 4.78 is 26.4. The molecule has 6 heteroatoms. The van der Waals surface area contributed by atoms with Crippen molar-refractivity contribution in [3.8, 4) is 0 Å². The third kappa shape index (κ3) is 5.35. The van der Waals surface area contributed by atoms with E-state index in [0.717, 1.165) is 50.7 Å². The van der Waals surface area contributed by atoms with Gasteiger partial charge in [0.25, 0.3) is 0 Å². The summed E-state index contributed by atoms with van der Waals surface area (Å²) in [6.07, 6.45) is 4.59. The van der Waals surface area contributed by atoms with E-state index in [1.807, 2.05) is 0 Å². The minimum Gasteiger partial charge on any atom is -0.371 e. The molecule has 0 spiro atoms. The fourth-order valence-corrected chi connectivity index (χ4v) is 2.96. The Morgan fingerprint density at radius 2 is 2.08 bits per heavy atom. The Morgan fingerprint density at radius 3 is 2.79 bits per heavy atom. The van der Waals surface area contributed by atoms with Crippen molar-refractivity contribution >= 4 is 11.6 Å². The van der Waals surface area contributed by atoms with Crippen molar-refractivity contribution in [2.45, 2.75) is 32.6 Å². The third-order valence-corrected chi connectivity index (χ3v) is 4.41. The summed E-state index contributed by atoms with van der Waals surface area (Å²) in [4.78, 5) is 6.34. The summed E-state index contributed by atoms with van der Waals surface area (Å²) in [5.74, 6) is -0.287. The number of hydrogen-bond acceptors (Lipinski definition) is 2. The van der Waals surface area contributed by atoms with Gasteiger partial charge in [0, 0.05) is 45.0 Å². The molecule has 1 aliphatic heterocycles. The van der Waals surface area contributed by atoms with Crippen molar-refractivity contribution in [1.82, 2.24) is 10.6 Å². The lowest BCUT2D eigenvalue weighted by Gasteiger charge is -2.19. The van der Waals surface area contributed by atoms with E-state index in [-0.39, 0.29) is 0 Å². The van der Waals surface area contributed by atoms with E-state index in [4.69, 9.17) is 0 Å². The molecule has 1 aromatic carbocycles. The maximum absolute atomic E-state index is 13.4. The van der Waals surface area contributed by atoms with Crippen molar-refractivity contribution in [3.05, 3.63) is 29.8 Å². The number of hydrogen-bond donors (Lipinski definition) is 2. The van der Waals surface area contributed by atoms with Crippen LogP contribution in [0.1, 0.15) is 32.6 Å². The van der Waals surface area contributed by atoms with Crippen molar-refractivity contribution in [3.63, 3.8) is 0 Å². The summed E-state index contributed by atoms with van der Waals surface area (Å²) in [7, 11) is 1.78. The molecule has 1 unspecified atom stereocenters. The molecule has 134 valence electrons. The van der Waals surface area contributed by atoms with Gasteiger partial charge in [-0.1, -0.05) is 19.8 Å². The molecular formula is C18H28F2N4. The molecule has 1 aliphatic rings. The number of rotatable bonds is 7. The van der Waals surface area contributed by atoms with E-state index in [1.165, 1.54) is 25.0 Å². The summed E-state index contributed by atoms with van der Waals surface area (Å²) in [6, 6.07) is 4.11. The Hall–Kier alpha value is -1.85. The third-order valence-electron chi connectivity index (χ3n) is 4.41. The summed E-state index contributed by atoms with van der Waals surface area (Å²) in [5, 5.41) is 6.68. The predicted molar refractivity (Wildman–Crippen MR) is 95.6 cm³/mol. The van der Waals surface area contributed by atoms with Gasteiger partial charge in [0.05, 0.1) is 0 Å². The zero-order valence-electron chi connectivity index (χ0n) is 14.6. The minimum atomic E-state index is -0.797. The molecule has 4 nitrogen and oxygen atoms in total. The monoisotopic (exact) mass is 338 g/mol. The van der Waals surface area contributed by atoms with E-state index in [9.17, 15) is 8.78 Å². The molecule has 1 atom stereocenters. The van der Waals surface area contributed by atoms with Crippen molar-refractivity contribution in [2.75, 3.05) is 38.1 Å². The van der Waals surface area contributed by atoms with Crippen molar-refractivity contribution < 1.29 is 8.78 Å². The van der Waals surface area contributed by atoms with Crippen molar-refractivity contribution in [2.24, 2.45) is 10.9 Å². The normalized spacial score (nSPS) is 18.1. The molecule has 0 bridgehead atoms. The maximum Gasteiger partial charge on any atom is 0.190 e. The number of aliphatic imine (C=N–C) groups is 1. The highest BCUT2D eigenvalue weighted by Crippen LogP contribution is 2.24. The van der Waals surface area contributed by atoms with Gasteiger partial charge in [0.2, 0.25) is 0 Å². The van der Waals surface area contributed by atoms with Crippen LogP contribution in [0.2, 0.25) is 0 Å². The number of nitrogens with one attached hydrogen (secondary N) is 2. The first-order valence-electron chi connectivity index (χ1n) is 8.78. The first-order valence-corrected chi connectivity index (χ1v) is 8.78. The highest BCUT2D eigenvalue weighted by atomic mass is 19.2. The summed E-state index contributed by atoms with van der Waals surface area (Å²) >= 11 is 0. The largest absolute Gasteiger partial charge is 0.371 e. The van der Waals surface area contributed by atoms with Gasteiger partial charge >= 0.3 is 0 Å². The van der Waals surface area contributed by atoms with Crippen LogP contribution in [0.15, 0.2) is 23.2 Å². The number of guanidine groups is 1. The average Bonchev–Trinajstić information content (AvgIpc) is 3.06. The van der Waals surface area contributed by atoms with Crippen LogP contribution < -0.4 is 15.5 Å². The average molecular weight is 338 g/mol. The van der Waals surface area contributed by atoms with Gasteiger partial charge < -0.3 is 15.5 Å². The standard InChI is InChI=1S/C18H28F2N4/c1-3-4-5-9-22-18(21-2)23-12-14-8-10-24(13-14)15-6-7-16(19)17(20)11-15/h6-7,11,14H,3-5,8-10,12-13H2,1-2H3,(H2,21,22,23). The number of anilines is 1. The van der Waals surface area contributed by atoms with E-state index in [2.05, 4.69) is 27.4 Å². The predicted octanol–water partition coefficient (Wildman–Crippen LogP) is 3.15. The van der Waals surface area contributed by atoms with Crippen LogP contribution in [0.5, 0.6) is 0 Å². The van der Waals surface area contributed by atoms with Crippen molar-refractivity contribution in [1.29, 1.82) is 0 Å². The fourth-order valence-electron chi connectivity index (χ4n) is 2.96. The molecule has 0 amide bonds. The molecule has 0 radical (unpaired) electrons. The Balaban J connectivity index is 1.75. The summed E-state index contributed by atoms with van der Waals surface area (Å²) in [6.45, 7) is 5.64. The second-order valence-electron chi connectivity index (χ2n) is 6.29. The lowest BCUT2D eigenvalue weighted by atomic mass is 10.1. The van der Waals surface area contributed by atoms with Gasteiger partial charge in [-0.05, 0) is 30.9 Å². The van der Waals surface area contributed by atoms with Gasteiger partial charge in [-0.15, -0.1) is 0 Å². The van der Waals surface area contributed by atoms with E-state index < -0.39 is 11.6 Å². The first-order chi connectivity index (χ1) is 11.6. The highest BCUT2D eigenvalue weighted by molar-refractivity contribution is 5.79. The number of benzene rings is 1. The molecule has 0 aliphatic carbocycles.